The maximum atomic E-state index is 5.64. The second-order valence-electron chi connectivity index (χ2n) is 4.68. The van der Waals surface area contributed by atoms with Crippen LogP contribution < -0.4 is 8.58 Å². The molecule has 3 aromatic rings. The molecule has 0 bridgehead atoms. The van der Waals surface area contributed by atoms with Gasteiger partial charge in [-0.15, -0.1) is 11.3 Å². The Labute approximate surface area is 164 Å². The number of thiophene rings is 1. The van der Waals surface area contributed by atoms with Crippen LogP contribution in [0.15, 0.2) is 66.0 Å². The van der Waals surface area contributed by atoms with E-state index in [9.17, 15) is 0 Å². The van der Waals surface area contributed by atoms with Gasteiger partial charge in [0, 0.05) is 37.7 Å². The average molecular weight is 399 g/mol. The van der Waals surface area contributed by atoms with Crippen LogP contribution in [-0.2, 0) is 21.7 Å². The summed E-state index contributed by atoms with van der Waals surface area (Å²) in [4.78, 5) is 1.15. The van der Waals surface area contributed by atoms with Gasteiger partial charge in [-0.3, -0.25) is 0 Å². The quantitative estimate of drug-likeness (QED) is 0.491. The van der Waals surface area contributed by atoms with Crippen molar-refractivity contribution in [3.63, 3.8) is 0 Å². The third-order valence-corrected chi connectivity index (χ3v) is 4.72. The van der Waals surface area contributed by atoms with Crippen LogP contribution in [-0.4, -0.2) is 0 Å². The van der Waals surface area contributed by atoms with Gasteiger partial charge in [0.25, 0.3) is 0 Å². The predicted octanol–water partition coefficient (Wildman–Crippen LogP) is 5.99. The molecule has 6 heteroatoms. The molecule has 0 saturated carbocycles. The number of para-hydroxylation sites is 2. The summed E-state index contributed by atoms with van der Waals surface area (Å²) in [5, 5.41) is 2.04. The maximum Gasteiger partial charge on any atom is 0.150 e. The summed E-state index contributed by atoms with van der Waals surface area (Å²) in [5.74, 6) is 1.17. The largest absolute Gasteiger partial charge is 0.385 e. The second kappa shape index (κ2) is 8.77. The van der Waals surface area contributed by atoms with Crippen LogP contribution in [0.25, 0.3) is 0 Å². The summed E-state index contributed by atoms with van der Waals surface area (Å²) in [6.45, 7) is 0. The van der Waals surface area contributed by atoms with Gasteiger partial charge >= 0.3 is 0 Å². The molecule has 0 saturated heterocycles. The summed E-state index contributed by atoms with van der Waals surface area (Å²) in [7, 11) is 0. The van der Waals surface area contributed by atoms with E-state index in [1.165, 1.54) is 0 Å². The minimum atomic E-state index is -0.0649. The van der Waals surface area contributed by atoms with Gasteiger partial charge in [-0.1, -0.05) is 42.5 Å². The fraction of sp³-hybridized carbons (Fsp3) is 0.0588. The van der Waals surface area contributed by atoms with E-state index in [0.29, 0.717) is 11.5 Å². The minimum Gasteiger partial charge on any atom is -0.385 e. The van der Waals surface area contributed by atoms with Crippen LogP contribution in [0.3, 0.4) is 0 Å². The van der Waals surface area contributed by atoms with Crippen molar-refractivity contribution in [2.45, 2.75) is 5.92 Å². The molecule has 0 atom stereocenters. The van der Waals surface area contributed by atoms with Crippen molar-refractivity contribution in [1.82, 2.24) is 0 Å². The van der Waals surface area contributed by atoms with Crippen LogP contribution in [0.5, 0.6) is 11.5 Å². The molecule has 3 rings (SSSR count). The predicted molar refractivity (Wildman–Crippen MR) is 91.1 cm³/mol. The second-order valence-corrected chi connectivity index (χ2v) is 5.97. The van der Waals surface area contributed by atoms with Crippen LogP contribution in [0, 0.1) is 0 Å². The fourth-order valence-corrected chi connectivity index (χ4v) is 3.65. The summed E-state index contributed by atoms with van der Waals surface area (Å²) in [6, 6.07) is 19.4. The van der Waals surface area contributed by atoms with Gasteiger partial charge in [0.05, 0.1) is 5.92 Å². The summed E-state index contributed by atoms with van der Waals surface area (Å²) in [5.41, 5.74) is 1.92. The molecule has 116 valence electrons. The zero-order valence-corrected chi connectivity index (χ0v) is 15.8. The first-order chi connectivity index (χ1) is 10.8. The molecule has 1 heterocycles. The number of hydrogen-bond acceptors (Lipinski definition) is 3. The van der Waals surface area contributed by atoms with E-state index < -0.39 is 0 Å². The molecule has 23 heavy (non-hydrogen) atoms. The summed E-state index contributed by atoms with van der Waals surface area (Å²) in [6.07, 6.45) is 0. The first kappa shape index (κ1) is 18.4. The first-order valence-electron chi connectivity index (χ1n) is 6.63. The smallest absolute Gasteiger partial charge is 0.150 e. The molecular weight excluding hydrogens is 387 g/mol. The molecule has 0 aliphatic heterocycles. The molecule has 0 aliphatic carbocycles. The van der Waals surface area contributed by atoms with E-state index in [0.717, 1.165) is 16.0 Å². The minimum absolute atomic E-state index is 0. The monoisotopic (exact) mass is 398 g/mol. The molecule has 0 amide bonds. The topological polar surface area (TPSA) is 18.5 Å². The maximum absolute atomic E-state index is 5.64. The molecule has 0 N–H and O–H groups in total. The Kier molecular flexibility index (Phi) is 7.00. The van der Waals surface area contributed by atoms with E-state index >= 15 is 0 Å². The molecule has 2 aromatic carbocycles. The first-order valence-corrected chi connectivity index (χ1v) is 8.13. The van der Waals surface area contributed by atoms with Crippen LogP contribution in [0.4, 0.5) is 0 Å². The zero-order chi connectivity index (χ0) is 15.4. The van der Waals surface area contributed by atoms with Crippen molar-refractivity contribution in [1.29, 1.82) is 0 Å². The van der Waals surface area contributed by atoms with Gasteiger partial charge < -0.3 is 8.58 Å². The van der Waals surface area contributed by atoms with Gasteiger partial charge in [0.1, 0.15) is 23.7 Å². The fourth-order valence-electron chi connectivity index (χ4n) is 2.51. The molecular formula is C17H12Cl2O2STi. The van der Waals surface area contributed by atoms with Gasteiger partial charge in [-0.25, -0.2) is 0 Å². The number of halogens is 2. The third-order valence-electron chi connectivity index (χ3n) is 3.45. The van der Waals surface area contributed by atoms with Gasteiger partial charge in [0.15, 0.2) is 11.5 Å². The SMILES string of the molecule is ClOc1ccccc1C(c1cccs1)c1ccccc1OCl.[Ti]. The van der Waals surface area contributed by atoms with Crippen molar-refractivity contribution in [2.24, 2.45) is 0 Å². The van der Waals surface area contributed by atoms with Crippen LogP contribution >= 0.6 is 35.1 Å². The van der Waals surface area contributed by atoms with Gasteiger partial charge in [-0.05, 0) is 23.6 Å². The van der Waals surface area contributed by atoms with Gasteiger partial charge in [-0.2, -0.15) is 0 Å². The van der Waals surface area contributed by atoms with Crippen LogP contribution in [0.2, 0.25) is 0 Å². The molecule has 2 nitrogen and oxygen atoms in total. The van der Waals surface area contributed by atoms with E-state index in [2.05, 4.69) is 6.07 Å². The van der Waals surface area contributed by atoms with Crippen molar-refractivity contribution in [2.75, 3.05) is 0 Å². The van der Waals surface area contributed by atoms with Crippen molar-refractivity contribution >= 4 is 35.1 Å². The van der Waals surface area contributed by atoms with E-state index in [1.807, 2.05) is 60.0 Å². The molecule has 0 unspecified atom stereocenters. The molecule has 0 fully saturated rings. The standard InChI is InChI=1S/C17H12Cl2O2S.Ti/c18-20-14-8-3-1-6-12(14)17(16-10-5-11-22-16)13-7-2-4-9-15(13)21-19;/h1-11,17H;. The molecule has 0 spiro atoms. The van der Waals surface area contributed by atoms with Crippen LogP contribution in [0.1, 0.15) is 21.9 Å². The van der Waals surface area contributed by atoms with Gasteiger partial charge in [0.2, 0.25) is 0 Å². The Morgan fingerprint density at radius 3 is 1.70 bits per heavy atom. The number of benzene rings is 2. The van der Waals surface area contributed by atoms with Crippen molar-refractivity contribution in [3.05, 3.63) is 82.0 Å². The summed E-state index contributed by atoms with van der Waals surface area (Å²) >= 11 is 13.0. The Morgan fingerprint density at radius 2 is 1.26 bits per heavy atom. The Balaban J connectivity index is 0.00000192. The molecule has 0 radical (unpaired) electrons. The average Bonchev–Trinajstić information content (AvgIpc) is 3.10. The normalized spacial score (nSPS) is 10.2. The van der Waals surface area contributed by atoms with E-state index in [4.69, 9.17) is 32.3 Å². The third kappa shape index (κ3) is 3.93. The summed E-state index contributed by atoms with van der Waals surface area (Å²) < 4.78 is 10.0. The van der Waals surface area contributed by atoms with Crippen molar-refractivity contribution in [3.8, 4) is 11.5 Å². The van der Waals surface area contributed by atoms with Crippen molar-refractivity contribution < 1.29 is 30.3 Å². The molecule has 1 aromatic heterocycles. The van der Waals surface area contributed by atoms with E-state index in [1.54, 1.807) is 11.3 Å². The number of rotatable bonds is 5. The Bertz CT molecular complexity index is 702. The molecule has 0 aliphatic rings. The Hall–Kier alpha value is -0.966. The zero-order valence-electron chi connectivity index (χ0n) is 11.9. The Morgan fingerprint density at radius 1 is 0.739 bits per heavy atom. The van der Waals surface area contributed by atoms with E-state index in [-0.39, 0.29) is 27.6 Å². The number of hydrogen-bond donors (Lipinski definition) is 0.